The van der Waals surface area contributed by atoms with Crippen molar-refractivity contribution in [3.8, 4) is 0 Å². The predicted molar refractivity (Wildman–Crippen MR) is 109 cm³/mol. The van der Waals surface area contributed by atoms with Gasteiger partial charge in [0, 0.05) is 0 Å². The number of amides is 1. The minimum atomic E-state index is -4.70. The molecule has 1 aromatic heterocycles. The highest BCUT2D eigenvalue weighted by atomic mass is 19.4. The molecule has 30 heavy (non-hydrogen) atoms. The third-order valence-corrected chi connectivity index (χ3v) is 4.50. The fraction of sp³-hybridized carbons (Fsp3) is 0.130. The van der Waals surface area contributed by atoms with Crippen molar-refractivity contribution >= 4 is 12.0 Å². The number of carbonyl (C=O) groups excluding carboxylic acids is 1. The van der Waals surface area contributed by atoms with Crippen LogP contribution >= 0.6 is 0 Å². The van der Waals surface area contributed by atoms with E-state index in [4.69, 9.17) is 0 Å². The Morgan fingerprint density at radius 1 is 0.967 bits per heavy atom. The van der Waals surface area contributed by atoms with E-state index in [1.807, 2.05) is 73.7 Å². The Morgan fingerprint density at radius 3 is 2.17 bits per heavy atom. The molecule has 0 fully saturated rings. The number of hydrogen-bond donors (Lipinski definition) is 2. The van der Waals surface area contributed by atoms with E-state index >= 15 is 0 Å². The first-order chi connectivity index (χ1) is 14.3. The number of allylic oxidation sites excluding steroid dienone is 1. The number of H-pyrrole nitrogens is 1. The minimum absolute atomic E-state index is 0.394. The first-order valence-electron chi connectivity index (χ1n) is 9.18. The SMILES string of the molecule is C/C=C/c1ccc(C(NC(=O)c2ccc(C(F)(F)F)[nH]c2=O)c2ccccc2)cc1. The number of benzene rings is 2. The normalized spacial score (nSPS) is 12.7. The molecule has 7 heteroatoms. The molecule has 3 rings (SSSR count). The van der Waals surface area contributed by atoms with Gasteiger partial charge < -0.3 is 10.3 Å². The van der Waals surface area contributed by atoms with Crippen molar-refractivity contribution < 1.29 is 18.0 Å². The van der Waals surface area contributed by atoms with E-state index in [1.54, 1.807) is 4.98 Å². The van der Waals surface area contributed by atoms with Gasteiger partial charge in [-0.15, -0.1) is 0 Å². The van der Waals surface area contributed by atoms with Gasteiger partial charge in [-0.25, -0.2) is 0 Å². The highest BCUT2D eigenvalue weighted by Crippen LogP contribution is 2.27. The number of aromatic nitrogens is 1. The molecule has 154 valence electrons. The molecule has 0 spiro atoms. The number of nitrogens with one attached hydrogen (secondary N) is 2. The zero-order valence-electron chi connectivity index (χ0n) is 16.0. The van der Waals surface area contributed by atoms with Crippen molar-refractivity contribution in [2.75, 3.05) is 0 Å². The van der Waals surface area contributed by atoms with E-state index in [0.29, 0.717) is 6.07 Å². The lowest BCUT2D eigenvalue weighted by Crippen LogP contribution is -2.34. The Labute approximate surface area is 171 Å². The van der Waals surface area contributed by atoms with E-state index in [2.05, 4.69) is 5.32 Å². The summed E-state index contributed by atoms with van der Waals surface area (Å²) in [5, 5.41) is 2.76. The van der Waals surface area contributed by atoms with Crippen LogP contribution in [-0.2, 0) is 6.18 Å². The summed E-state index contributed by atoms with van der Waals surface area (Å²) in [5.74, 6) is -0.767. The number of aromatic amines is 1. The predicted octanol–water partition coefficient (Wildman–Crippen LogP) is 4.95. The van der Waals surface area contributed by atoms with Gasteiger partial charge in [0.05, 0.1) is 6.04 Å². The molecular weight excluding hydrogens is 393 g/mol. The summed E-state index contributed by atoms with van der Waals surface area (Å²) >= 11 is 0. The zero-order valence-corrected chi connectivity index (χ0v) is 16.0. The smallest absolute Gasteiger partial charge is 0.341 e. The van der Waals surface area contributed by atoms with Crippen LogP contribution in [0.2, 0.25) is 0 Å². The number of rotatable bonds is 5. The van der Waals surface area contributed by atoms with Gasteiger partial charge >= 0.3 is 6.18 Å². The third kappa shape index (κ3) is 4.86. The lowest BCUT2D eigenvalue weighted by Gasteiger charge is -2.20. The minimum Gasteiger partial charge on any atom is -0.341 e. The second-order valence-electron chi connectivity index (χ2n) is 6.60. The van der Waals surface area contributed by atoms with Crippen molar-refractivity contribution in [2.24, 2.45) is 0 Å². The number of pyridine rings is 1. The standard InChI is InChI=1S/C23H19F3N2O2/c1-2-6-15-9-11-17(12-10-15)20(16-7-4-3-5-8-16)28-22(30)18-13-14-19(23(24,25)26)27-21(18)29/h2-14,20H,1H3,(H,27,29)(H,28,30)/b6-2+. The van der Waals surface area contributed by atoms with Crippen molar-refractivity contribution in [1.82, 2.24) is 10.3 Å². The average molecular weight is 412 g/mol. The van der Waals surface area contributed by atoms with Crippen LogP contribution in [0.25, 0.3) is 6.08 Å². The van der Waals surface area contributed by atoms with Crippen LogP contribution < -0.4 is 10.9 Å². The highest BCUT2D eigenvalue weighted by Gasteiger charge is 2.32. The first kappa shape index (κ1) is 21.1. The molecule has 0 aliphatic rings. The third-order valence-electron chi connectivity index (χ3n) is 4.50. The summed E-state index contributed by atoms with van der Waals surface area (Å²) in [6.07, 6.45) is -0.862. The van der Waals surface area contributed by atoms with Crippen LogP contribution in [0, 0.1) is 0 Å². The van der Waals surface area contributed by atoms with Crippen LogP contribution in [0.5, 0.6) is 0 Å². The summed E-state index contributed by atoms with van der Waals surface area (Å²) < 4.78 is 38.3. The van der Waals surface area contributed by atoms with Crippen LogP contribution in [-0.4, -0.2) is 10.9 Å². The topological polar surface area (TPSA) is 62.0 Å². The average Bonchev–Trinajstić information content (AvgIpc) is 2.72. The molecule has 4 nitrogen and oxygen atoms in total. The number of alkyl halides is 3. The van der Waals surface area contributed by atoms with Gasteiger partial charge in [0.2, 0.25) is 0 Å². The van der Waals surface area contributed by atoms with E-state index in [1.165, 1.54) is 0 Å². The summed E-state index contributed by atoms with van der Waals surface area (Å²) in [6, 6.07) is 17.6. The van der Waals surface area contributed by atoms with Crippen LogP contribution in [0.15, 0.2) is 77.6 Å². The molecule has 3 aromatic rings. The monoisotopic (exact) mass is 412 g/mol. The number of halogens is 3. The summed E-state index contributed by atoms with van der Waals surface area (Å²) in [4.78, 5) is 26.5. The quantitative estimate of drug-likeness (QED) is 0.623. The Bertz CT molecular complexity index is 1100. The fourth-order valence-corrected chi connectivity index (χ4v) is 3.02. The zero-order chi connectivity index (χ0) is 21.7. The molecule has 0 bridgehead atoms. The van der Waals surface area contributed by atoms with Gasteiger partial charge in [-0.1, -0.05) is 66.7 Å². The molecule has 1 amide bonds. The molecule has 2 N–H and O–H groups in total. The van der Waals surface area contributed by atoms with Gasteiger partial charge in [0.1, 0.15) is 11.3 Å². The number of carbonyl (C=O) groups is 1. The van der Waals surface area contributed by atoms with E-state index in [0.717, 1.165) is 22.8 Å². The fourth-order valence-electron chi connectivity index (χ4n) is 3.02. The molecule has 0 aliphatic heterocycles. The highest BCUT2D eigenvalue weighted by molar-refractivity contribution is 5.94. The van der Waals surface area contributed by atoms with Crippen LogP contribution in [0.3, 0.4) is 0 Å². The Balaban J connectivity index is 1.94. The van der Waals surface area contributed by atoms with E-state index in [-0.39, 0.29) is 0 Å². The summed E-state index contributed by atoms with van der Waals surface area (Å²) in [5.41, 5.74) is -0.173. The molecule has 0 radical (unpaired) electrons. The van der Waals surface area contributed by atoms with E-state index < -0.39 is 34.9 Å². The van der Waals surface area contributed by atoms with Crippen molar-refractivity contribution in [2.45, 2.75) is 19.1 Å². The van der Waals surface area contributed by atoms with E-state index in [9.17, 15) is 22.8 Å². The maximum Gasteiger partial charge on any atom is 0.431 e. The van der Waals surface area contributed by atoms with Gasteiger partial charge in [-0.05, 0) is 35.7 Å². The lowest BCUT2D eigenvalue weighted by molar-refractivity contribution is -0.141. The van der Waals surface area contributed by atoms with Gasteiger partial charge in [0.25, 0.3) is 11.5 Å². The molecule has 1 unspecified atom stereocenters. The van der Waals surface area contributed by atoms with Crippen molar-refractivity contribution in [3.05, 3.63) is 111 Å². The molecule has 0 saturated heterocycles. The molecule has 0 saturated carbocycles. The van der Waals surface area contributed by atoms with Crippen molar-refractivity contribution in [3.63, 3.8) is 0 Å². The lowest BCUT2D eigenvalue weighted by atomic mass is 9.97. The van der Waals surface area contributed by atoms with Crippen LogP contribution in [0.4, 0.5) is 13.2 Å². The maximum atomic E-state index is 12.8. The van der Waals surface area contributed by atoms with Gasteiger partial charge in [0.15, 0.2) is 0 Å². The second kappa shape index (κ2) is 8.82. The molecule has 1 atom stereocenters. The molecule has 1 heterocycles. The summed E-state index contributed by atoms with van der Waals surface area (Å²) in [7, 11) is 0. The first-order valence-corrected chi connectivity index (χ1v) is 9.18. The van der Waals surface area contributed by atoms with Crippen LogP contribution in [0.1, 0.15) is 45.7 Å². The molecular formula is C23H19F3N2O2. The van der Waals surface area contributed by atoms with Crippen molar-refractivity contribution in [1.29, 1.82) is 0 Å². The Kier molecular flexibility index (Phi) is 6.20. The molecule has 0 aliphatic carbocycles. The second-order valence-corrected chi connectivity index (χ2v) is 6.60. The van der Waals surface area contributed by atoms with Gasteiger partial charge in [-0.2, -0.15) is 13.2 Å². The Hall–Kier alpha value is -3.61. The number of hydrogen-bond acceptors (Lipinski definition) is 2. The summed E-state index contributed by atoms with van der Waals surface area (Å²) in [6.45, 7) is 1.91. The Morgan fingerprint density at radius 2 is 1.60 bits per heavy atom. The maximum absolute atomic E-state index is 12.8. The molecule has 2 aromatic carbocycles. The van der Waals surface area contributed by atoms with Gasteiger partial charge in [-0.3, -0.25) is 9.59 Å². The largest absolute Gasteiger partial charge is 0.431 e.